The number of pyridine rings is 1. The summed E-state index contributed by atoms with van der Waals surface area (Å²) in [6.07, 6.45) is 3.12. The first kappa shape index (κ1) is 18.5. The molecule has 0 aliphatic carbocycles. The number of carbonyl (C=O) groups excluding carboxylic acids is 1. The molecule has 0 saturated carbocycles. The van der Waals surface area contributed by atoms with Crippen LogP contribution in [0.3, 0.4) is 0 Å². The Morgan fingerprint density at radius 1 is 1.35 bits per heavy atom. The van der Waals surface area contributed by atoms with Crippen molar-refractivity contribution in [3.63, 3.8) is 0 Å². The maximum atomic E-state index is 12.7. The number of hydrogen-bond donors (Lipinski definition) is 2. The summed E-state index contributed by atoms with van der Waals surface area (Å²) in [6.45, 7) is 2.15. The number of rotatable bonds is 6. The number of anilines is 2. The van der Waals surface area contributed by atoms with Gasteiger partial charge in [0.15, 0.2) is 0 Å². The highest BCUT2D eigenvalue weighted by Gasteiger charge is 2.19. The lowest BCUT2D eigenvalue weighted by atomic mass is 10.1. The second-order valence-corrected chi connectivity index (χ2v) is 7.34. The molecule has 0 saturated heterocycles. The van der Waals surface area contributed by atoms with Crippen LogP contribution < -0.4 is 15.8 Å². The number of halogens is 1. The molecule has 1 amide bonds. The van der Waals surface area contributed by atoms with E-state index in [-0.39, 0.29) is 5.91 Å². The van der Waals surface area contributed by atoms with Crippen LogP contribution in [0, 0.1) is 0 Å². The maximum absolute atomic E-state index is 12.7. The number of methoxy groups -OCH3 is 1. The van der Waals surface area contributed by atoms with E-state index in [1.54, 1.807) is 18.2 Å². The Kier molecular flexibility index (Phi) is 5.64. The third-order valence-corrected chi connectivity index (χ3v) is 5.41. The predicted octanol–water partition coefficient (Wildman–Crippen LogP) is 5.14. The third kappa shape index (κ3) is 3.76. The number of ether oxygens (including phenoxy) is 1. The lowest BCUT2D eigenvalue weighted by Gasteiger charge is -2.10. The number of nitrogens with zero attached hydrogens (tertiary/aromatic N) is 1. The van der Waals surface area contributed by atoms with E-state index >= 15 is 0 Å². The Bertz CT molecular complexity index is 955. The number of hydrogen-bond acceptors (Lipinski definition) is 5. The van der Waals surface area contributed by atoms with Crippen molar-refractivity contribution in [3.05, 3.63) is 45.9 Å². The van der Waals surface area contributed by atoms with Gasteiger partial charge in [-0.25, -0.2) is 4.98 Å². The van der Waals surface area contributed by atoms with E-state index in [4.69, 9.17) is 22.1 Å². The SMILES string of the molecule is CCCCc1ccc2c(N)c(C(=O)Nc3ccc(Cl)cc3OC)sc2n1. The first-order valence-electron chi connectivity index (χ1n) is 8.36. The minimum absolute atomic E-state index is 0.291. The van der Waals surface area contributed by atoms with Gasteiger partial charge < -0.3 is 15.8 Å². The summed E-state index contributed by atoms with van der Waals surface area (Å²) in [6, 6.07) is 8.95. The van der Waals surface area contributed by atoms with Gasteiger partial charge in [-0.05, 0) is 37.1 Å². The highest BCUT2D eigenvalue weighted by Crippen LogP contribution is 2.34. The van der Waals surface area contributed by atoms with E-state index in [0.29, 0.717) is 27.0 Å². The monoisotopic (exact) mass is 389 g/mol. The lowest BCUT2D eigenvalue weighted by Crippen LogP contribution is -2.12. The minimum atomic E-state index is -0.291. The molecule has 2 aromatic heterocycles. The van der Waals surface area contributed by atoms with Gasteiger partial charge in [-0.3, -0.25) is 4.79 Å². The standard InChI is InChI=1S/C19H20ClN3O2S/c1-3-4-5-12-7-8-13-16(21)17(26-19(13)22-12)18(24)23-14-9-6-11(20)10-15(14)25-2/h6-10H,3-5,21H2,1-2H3,(H,23,24). The van der Waals surface area contributed by atoms with Crippen LogP contribution in [0.15, 0.2) is 30.3 Å². The van der Waals surface area contributed by atoms with Gasteiger partial charge in [-0.2, -0.15) is 0 Å². The molecule has 136 valence electrons. The second-order valence-electron chi connectivity index (χ2n) is 5.90. The average Bonchev–Trinajstić information content (AvgIpc) is 2.97. The van der Waals surface area contributed by atoms with E-state index in [1.807, 2.05) is 12.1 Å². The molecule has 0 atom stereocenters. The number of unbranched alkanes of at least 4 members (excludes halogenated alkanes) is 1. The van der Waals surface area contributed by atoms with Gasteiger partial charge >= 0.3 is 0 Å². The van der Waals surface area contributed by atoms with Crippen LogP contribution in [-0.4, -0.2) is 18.0 Å². The van der Waals surface area contributed by atoms with Crippen molar-refractivity contribution in [1.29, 1.82) is 0 Å². The Morgan fingerprint density at radius 2 is 2.15 bits per heavy atom. The zero-order valence-electron chi connectivity index (χ0n) is 14.6. The molecule has 5 nitrogen and oxygen atoms in total. The summed E-state index contributed by atoms with van der Waals surface area (Å²) in [5.74, 6) is 0.201. The number of amides is 1. The third-order valence-electron chi connectivity index (χ3n) is 4.06. The number of aryl methyl sites for hydroxylation is 1. The second kappa shape index (κ2) is 7.93. The molecule has 0 unspecified atom stereocenters. The molecule has 3 N–H and O–H groups in total. The molecule has 26 heavy (non-hydrogen) atoms. The number of benzene rings is 1. The maximum Gasteiger partial charge on any atom is 0.268 e. The largest absolute Gasteiger partial charge is 0.495 e. The zero-order valence-corrected chi connectivity index (χ0v) is 16.2. The van der Waals surface area contributed by atoms with Crippen LogP contribution in [0.5, 0.6) is 5.75 Å². The Labute approximate surface area is 161 Å². The van der Waals surface area contributed by atoms with E-state index in [1.165, 1.54) is 18.4 Å². The van der Waals surface area contributed by atoms with Gasteiger partial charge in [0, 0.05) is 22.2 Å². The lowest BCUT2D eigenvalue weighted by molar-refractivity contribution is 0.103. The number of nitrogens with one attached hydrogen (secondary N) is 1. The minimum Gasteiger partial charge on any atom is -0.495 e. The molecule has 0 bridgehead atoms. The van der Waals surface area contributed by atoms with Crippen molar-refractivity contribution in [2.75, 3.05) is 18.2 Å². The molecule has 0 aliphatic rings. The molecular formula is C19H20ClN3O2S. The van der Waals surface area contributed by atoms with Gasteiger partial charge in [0.25, 0.3) is 5.91 Å². The molecule has 3 aromatic rings. The Hall–Kier alpha value is -2.31. The summed E-state index contributed by atoms with van der Waals surface area (Å²) in [5.41, 5.74) is 8.20. The van der Waals surface area contributed by atoms with Gasteiger partial charge in [0.2, 0.25) is 0 Å². The summed E-state index contributed by atoms with van der Waals surface area (Å²) >= 11 is 7.26. The van der Waals surface area contributed by atoms with Gasteiger partial charge in [-0.1, -0.05) is 24.9 Å². The van der Waals surface area contributed by atoms with Gasteiger partial charge in [0.05, 0.1) is 18.5 Å². The van der Waals surface area contributed by atoms with Crippen LogP contribution >= 0.6 is 22.9 Å². The Balaban J connectivity index is 1.89. The topological polar surface area (TPSA) is 77.2 Å². The van der Waals surface area contributed by atoms with Crippen molar-refractivity contribution < 1.29 is 9.53 Å². The normalized spacial score (nSPS) is 10.9. The molecule has 0 fully saturated rings. The van der Waals surface area contributed by atoms with Crippen molar-refractivity contribution in [1.82, 2.24) is 4.98 Å². The van der Waals surface area contributed by atoms with Gasteiger partial charge in [0.1, 0.15) is 15.5 Å². The number of thiophene rings is 1. The van der Waals surface area contributed by atoms with E-state index in [2.05, 4.69) is 17.2 Å². The summed E-state index contributed by atoms with van der Waals surface area (Å²) < 4.78 is 5.27. The molecule has 0 radical (unpaired) electrons. The fraction of sp³-hybridized carbons (Fsp3) is 0.263. The number of carbonyl (C=O) groups is 1. The fourth-order valence-corrected chi connectivity index (χ4v) is 3.82. The van der Waals surface area contributed by atoms with Gasteiger partial charge in [-0.15, -0.1) is 11.3 Å². The smallest absolute Gasteiger partial charge is 0.268 e. The predicted molar refractivity (Wildman–Crippen MR) is 109 cm³/mol. The number of fused-ring (bicyclic) bond motifs is 1. The Morgan fingerprint density at radius 3 is 2.88 bits per heavy atom. The van der Waals surface area contributed by atoms with Crippen LogP contribution in [0.4, 0.5) is 11.4 Å². The highest BCUT2D eigenvalue weighted by molar-refractivity contribution is 7.21. The molecule has 0 spiro atoms. The van der Waals surface area contributed by atoms with Crippen LogP contribution in [0.1, 0.15) is 35.1 Å². The van der Waals surface area contributed by atoms with Crippen molar-refractivity contribution in [2.24, 2.45) is 0 Å². The molecule has 7 heteroatoms. The quantitative estimate of drug-likeness (QED) is 0.612. The molecule has 0 aliphatic heterocycles. The van der Waals surface area contributed by atoms with E-state index < -0.39 is 0 Å². The fourth-order valence-electron chi connectivity index (χ4n) is 2.65. The number of nitrogens with two attached hydrogens (primary N) is 1. The highest BCUT2D eigenvalue weighted by atomic mass is 35.5. The van der Waals surface area contributed by atoms with E-state index in [9.17, 15) is 4.79 Å². The molecule has 2 heterocycles. The van der Waals surface area contributed by atoms with Crippen LogP contribution in [0.2, 0.25) is 5.02 Å². The molecule has 1 aromatic carbocycles. The molecule has 3 rings (SSSR count). The molecular weight excluding hydrogens is 370 g/mol. The average molecular weight is 390 g/mol. The summed E-state index contributed by atoms with van der Waals surface area (Å²) in [4.78, 5) is 18.6. The first-order valence-corrected chi connectivity index (χ1v) is 9.55. The van der Waals surface area contributed by atoms with Crippen molar-refractivity contribution in [2.45, 2.75) is 26.2 Å². The summed E-state index contributed by atoms with van der Waals surface area (Å²) in [7, 11) is 1.52. The van der Waals surface area contributed by atoms with E-state index in [0.717, 1.165) is 35.2 Å². The van der Waals surface area contributed by atoms with Crippen molar-refractivity contribution >= 4 is 50.4 Å². The first-order chi connectivity index (χ1) is 12.5. The van der Waals surface area contributed by atoms with Crippen LogP contribution in [0.25, 0.3) is 10.2 Å². The van der Waals surface area contributed by atoms with Crippen LogP contribution in [-0.2, 0) is 6.42 Å². The number of aromatic nitrogens is 1. The summed E-state index contributed by atoms with van der Waals surface area (Å²) in [5, 5.41) is 4.18. The zero-order chi connectivity index (χ0) is 18.7. The van der Waals surface area contributed by atoms with Crippen molar-refractivity contribution in [3.8, 4) is 5.75 Å². The number of nitrogen functional groups attached to an aromatic ring is 1.